The summed E-state index contributed by atoms with van der Waals surface area (Å²) in [5, 5.41) is 9.03. The number of fused-ring (bicyclic) bond motifs is 1. The Labute approximate surface area is 163 Å². The van der Waals surface area contributed by atoms with Gasteiger partial charge in [0, 0.05) is 30.1 Å². The van der Waals surface area contributed by atoms with Crippen LogP contribution in [0.15, 0.2) is 54.7 Å². The molecule has 4 rings (SSSR count). The van der Waals surface area contributed by atoms with Gasteiger partial charge in [0.15, 0.2) is 0 Å². The Balaban J connectivity index is 0.00000102. The molecule has 142 valence electrons. The zero-order chi connectivity index (χ0) is 19.4. The zero-order valence-corrected chi connectivity index (χ0v) is 16.8. The number of para-hydroxylation sites is 1. The van der Waals surface area contributed by atoms with Crippen LogP contribution < -0.4 is 5.30 Å². The smallest absolute Gasteiger partial charge is 0.363 e. The highest BCUT2D eigenvalue weighted by Crippen LogP contribution is 2.55. The van der Waals surface area contributed by atoms with Gasteiger partial charge in [-0.25, -0.2) is 0 Å². The Hall–Kier alpha value is -1.75. The summed E-state index contributed by atoms with van der Waals surface area (Å²) in [6.45, 7) is 2.36. The molecule has 1 saturated heterocycles. The number of aromatic nitrogens is 1. The number of hydrogen-bond donors (Lipinski definition) is 1. The fraction of sp³-hybridized carbons (Fsp3) is 0.250. The Morgan fingerprint density at radius 1 is 1.19 bits per heavy atom. The number of pyridine rings is 1. The lowest BCUT2D eigenvalue weighted by atomic mass is 10.1. The van der Waals surface area contributed by atoms with Gasteiger partial charge in [-0.05, 0) is 36.2 Å². The normalized spacial score (nSPS) is 22.1. The fourth-order valence-electron chi connectivity index (χ4n) is 3.05. The summed E-state index contributed by atoms with van der Waals surface area (Å²) in [7, 11) is -2.43. The van der Waals surface area contributed by atoms with E-state index in [4.69, 9.17) is 25.8 Å². The third-order valence-corrected chi connectivity index (χ3v) is 6.51. The molecule has 2 heterocycles. The van der Waals surface area contributed by atoms with Gasteiger partial charge >= 0.3 is 7.60 Å². The van der Waals surface area contributed by atoms with E-state index in [-0.39, 0.29) is 6.10 Å². The molecule has 3 aromatic rings. The lowest BCUT2D eigenvalue weighted by Gasteiger charge is -2.30. The number of nitrogens with zero attached hydrogens (tertiary/aromatic N) is 1. The molecule has 0 bridgehead atoms. The molecule has 1 aliphatic rings. The van der Waals surface area contributed by atoms with Gasteiger partial charge in [-0.15, -0.1) is 0 Å². The molecular weight excluding hydrogens is 385 g/mol. The molecule has 2 aromatic carbocycles. The van der Waals surface area contributed by atoms with Crippen molar-refractivity contribution in [1.29, 1.82) is 0 Å². The third kappa shape index (κ3) is 4.23. The summed E-state index contributed by atoms with van der Waals surface area (Å²) < 4.78 is 24.8. The molecule has 5 nitrogen and oxygen atoms in total. The minimum Gasteiger partial charge on any atom is -0.400 e. The molecule has 0 radical (unpaired) electrons. The summed E-state index contributed by atoms with van der Waals surface area (Å²) >= 11 is 6.07. The van der Waals surface area contributed by atoms with Crippen molar-refractivity contribution in [3.8, 4) is 0 Å². The first kappa shape index (κ1) is 20.0. The molecule has 1 aliphatic heterocycles. The zero-order valence-electron chi connectivity index (χ0n) is 15.1. The van der Waals surface area contributed by atoms with E-state index in [0.29, 0.717) is 23.4 Å². The van der Waals surface area contributed by atoms with Gasteiger partial charge in [0.05, 0.1) is 23.5 Å². The predicted octanol–water partition coefficient (Wildman–Crippen LogP) is 4.80. The molecule has 0 amide bonds. The SMILES string of the molecule is CO.Cc1cccc2cc(P3(=O)OCCC(c4cccc(Cl)c4)O3)cnc12. The fourth-order valence-corrected chi connectivity index (χ4v) is 4.99. The number of aliphatic hydroxyl groups excluding tert-OH is 1. The number of aliphatic hydroxyl groups is 1. The van der Waals surface area contributed by atoms with E-state index in [1.54, 1.807) is 12.3 Å². The van der Waals surface area contributed by atoms with Crippen molar-refractivity contribution in [2.45, 2.75) is 19.4 Å². The molecule has 1 aromatic heterocycles. The number of halogens is 1. The highest BCUT2D eigenvalue weighted by atomic mass is 35.5. The van der Waals surface area contributed by atoms with Crippen molar-refractivity contribution < 1.29 is 18.7 Å². The highest BCUT2D eigenvalue weighted by Gasteiger charge is 2.36. The second-order valence-electron chi connectivity index (χ2n) is 6.11. The molecule has 2 unspecified atom stereocenters. The third-order valence-electron chi connectivity index (χ3n) is 4.34. The van der Waals surface area contributed by atoms with Gasteiger partial charge in [0.1, 0.15) is 0 Å². The first-order chi connectivity index (χ1) is 13.0. The van der Waals surface area contributed by atoms with Crippen LogP contribution in [-0.4, -0.2) is 23.8 Å². The molecule has 7 heteroatoms. The van der Waals surface area contributed by atoms with Crippen LogP contribution >= 0.6 is 19.2 Å². The minimum absolute atomic E-state index is 0.313. The largest absolute Gasteiger partial charge is 0.400 e. The molecule has 27 heavy (non-hydrogen) atoms. The van der Waals surface area contributed by atoms with E-state index < -0.39 is 7.60 Å². The van der Waals surface area contributed by atoms with Gasteiger partial charge in [-0.1, -0.05) is 41.9 Å². The van der Waals surface area contributed by atoms with Crippen LogP contribution in [0, 0.1) is 6.92 Å². The molecule has 0 aliphatic carbocycles. The topological polar surface area (TPSA) is 68.7 Å². The van der Waals surface area contributed by atoms with Crippen molar-refractivity contribution in [3.05, 3.63) is 70.9 Å². The lowest BCUT2D eigenvalue weighted by molar-refractivity contribution is 0.0875. The van der Waals surface area contributed by atoms with Crippen LogP contribution in [0.25, 0.3) is 10.9 Å². The molecule has 0 spiro atoms. The van der Waals surface area contributed by atoms with E-state index in [2.05, 4.69) is 4.98 Å². The summed E-state index contributed by atoms with van der Waals surface area (Å²) in [5.74, 6) is 0. The van der Waals surface area contributed by atoms with E-state index in [1.165, 1.54) is 0 Å². The Bertz CT molecular complexity index is 995. The monoisotopic (exact) mass is 405 g/mol. The van der Waals surface area contributed by atoms with E-state index in [1.807, 2.05) is 49.4 Å². The van der Waals surface area contributed by atoms with Gasteiger partial charge < -0.3 is 9.63 Å². The van der Waals surface area contributed by atoms with Gasteiger partial charge in [-0.3, -0.25) is 14.1 Å². The van der Waals surface area contributed by atoms with Gasteiger partial charge in [0.25, 0.3) is 0 Å². The summed E-state index contributed by atoms with van der Waals surface area (Å²) in [6.07, 6.45) is 1.91. The number of benzene rings is 2. The summed E-state index contributed by atoms with van der Waals surface area (Å²) in [4.78, 5) is 4.46. The molecule has 1 N–H and O–H groups in total. The van der Waals surface area contributed by atoms with Crippen LogP contribution in [-0.2, 0) is 13.6 Å². The van der Waals surface area contributed by atoms with Crippen molar-refractivity contribution in [1.82, 2.24) is 4.98 Å². The number of hydrogen-bond acceptors (Lipinski definition) is 5. The Morgan fingerprint density at radius 2 is 1.96 bits per heavy atom. The van der Waals surface area contributed by atoms with Crippen molar-refractivity contribution in [3.63, 3.8) is 0 Å². The number of rotatable bonds is 2. The second-order valence-corrected chi connectivity index (χ2v) is 8.53. The first-order valence-electron chi connectivity index (χ1n) is 8.54. The van der Waals surface area contributed by atoms with Crippen molar-refractivity contribution in [2.75, 3.05) is 13.7 Å². The Morgan fingerprint density at radius 3 is 2.74 bits per heavy atom. The van der Waals surface area contributed by atoms with Crippen LogP contribution in [0.2, 0.25) is 5.02 Å². The Kier molecular flexibility index (Phi) is 6.30. The van der Waals surface area contributed by atoms with Crippen LogP contribution in [0.1, 0.15) is 23.7 Å². The predicted molar refractivity (Wildman–Crippen MR) is 108 cm³/mol. The average Bonchev–Trinajstić information content (AvgIpc) is 2.69. The van der Waals surface area contributed by atoms with Crippen LogP contribution in [0.5, 0.6) is 0 Å². The maximum atomic E-state index is 13.3. The van der Waals surface area contributed by atoms with E-state index in [0.717, 1.165) is 29.1 Å². The van der Waals surface area contributed by atoms with Gasteiger partial charge in [-0.2, -0.15) is 0 Å². The summed E-state index contributed by atoms with van der Waals surface area (Å²) in [6, 6.07) is 15.2. The molecular formula is C20H21ClNO4P. The minimum atomic E-state index is -3.43. The van der Waals surface area contributed by atoms with Crippen LogP contribution in [0.3, 0.4) is 0 Å². The van der Waals surface area contributed by atoms with Crippen LogP contribution in [0.4, 0.5) is 0 Å². The molecule has 0 saturated carbocycles. The average molecular weight is 406 g/mol. The standard InChI is InChI=1S/C19H17ClNO3P.CH4O/c1-13-4-2-6-15-11-17(12-21-19(13)15)25(22)23-9-8-18(24-25)14-5-3-7-16(20)10-14;1-2/h2-7,10-12,18H,8-9H2,1H3;2H,1H3. The maximum Gasteiger partial charge on any atom is 0.363 e. The van der Waals surface area contributed by atoms with Gasteiger partial charge in [0.2, 0.25) is 0 Å². The maximum absolute atomic E-state index is 13.3. The van der Waals surface area contributed by atoms with Crippen molar-refractivity contribution in [2.24, 2.45) is 0 Å². The van der Waals surface area contributed by atoms with Crippen molar-refractivity contribution >= 4 is 35.4 Å². The summed E-state index contributed by atoms with van der Waals surface area (Å²) in [5.41, 5.74) is 2.87. The molecule has 1 fully saturated rings. The van der Waals surface area contributed by atoms with E-state index in [9.17, 15) is 4.57 Å². The number of aryl methyl sites for hydroxylation is 1. The first-order valence-corrected chi connectivity index (χ1v) is 10.5. The molecule has 2 atom stereocenters. The lowest BCUT2D eigenvalue weighted by Crippen LogP contribution is -2.20. The highest BCUT2D eigenvalue weighted by molar-refractivity contribution is 7.62. The second kappa shape index (κ2) is 8.51. The van der Waals surface area contributed by atoms with E-state index >= 15 is 0 Å². The quantitative estimate of drug-likeness (QED) is 0.620.